The Labute approximate surface area is 201 Å². The van der Waals surface area contributed by atoms with E-state index in [1.54, 1.807) is 12.2 Å². The van der Waals surface area contributed by atoms with E-state index in [2.05, 4.69) is 97.4 Å². The summed E-state index contributed by atoms with van der Waals surface area (Å²) in [5.41, 5.74) is 8.36. The van der Waals surface area contributed by atoms with Gasteiger partial charge in [0.15, 0.2) is 0 Å². The molecule has 0 spiro atoms. The molecule has 0 fully saturated rings. The number of hydrogen-bond acceptors (Lipinski definition) is 2. The third kappa shape index (κ3) is 4.72. The van der Waals surface area contributed by atoms with Gasteiger partial charge in [-0.1, -0.05) is 92.1 Å². The molecule has 3 aromatic carbocycles. The number of fused-ring (bicyclic) bond motifs is 1. The Morgan fingerprint density at radius 1 is 0.853 bits per heavy atom. The SMILES string of the molecule is C=C/C=C\C(=C/C)c1ccc(Nc2ccc(-c3cccc4c(=C/C=C)/c(=C\C)oc34)cc2)cc1. The second-order valence-corrected chi connectivity index (χ2v) is 7.87. The van der Waals surface area contributed by atoms with E-state index >= 15 is 0 Å². The van der Waals surface area contributed by atoms with Gasteiger partial charge in [-0.2, -0.15) is 0 Å². The van der Waals surface area contributed by atoms with Gasteiger partial charge in [0.1, 0.15) is 11.0 Å². The summed E-state index contributed by atoms with van der Waals surface area (Å²) in [5, 5.41) is 5.65. The van der Waals surface area contributed by atoms with Crippen molar-refractivity contribution in [3.05, 3.63) is 126 Å². The molecule has 0 radical (unpaired) electrons. The molecule has 2 nitrogen and oxygen atoms in total. The third-order valence-corrected chi connectivity index (χ3v) is 5.76. The number of furan rings is 1. The molecule has 1 aromatic heterocycles. The van der Waals surface area contributed by atoms with Crippen molar-refractivity contribution in [2.45, 2.75) is 13.8 Å². The average molecular weight is 444 g/mol. The van der Waals surface area contributed by atoms with Gasteiger partial charge in [-0.3, -0.25) is 0 Å². The second-order valence-electron chi connectivity index (χ2n) is 7.87. The minimum atomic E-state index is 0.866. The Balaban J connectivity index is 1.59. The van der Waals surface area contributed by atoms with Crippen molar-refractivity contribution >= 4 is 40.1 Å². The lowest BCUT2D eigenvalue weighted by molar-refractivity contribution is 0.576. The third-order valence-electron chi connectivity index (χ3n) is 5.76. The van der Waals surface area contributed by atoms with E-state index in [1.807, 2.05) is 32.1 Å². The molecular formula is C32H29NO. The molecule has 34 heavy (non-hydrogen) atoms. The smallest absolute Gasteiger partial charge is 0.143 e. The van der Waals surface area contributed by atoms with Crippen LogP contribution in [0.4, 0.5) is 11.4 Å². The fourth-order valence-corrected chi connectivity index (χ4v) is 4.06. The van der Waals surface area contributed by atoms with Gasteiger partial charge < -0.3 is 9.73 Å². The largest absolute Gasteiger partial charge is 0.456 e. The Hall–Kier alpha value is -4.30. The van der Waals surface area contributed by atoms with Crippen LogP contribution in [-0.2, 0) is 0 Å². The summed E-state index contributed by atoms with van der Waals surface area (Å²) in [6.45, 7) is 11.6. The van der Waals surface area contributed by atoms with Gasteiger partial charge >= 0.3 is 0 Å². The first kappa shape index (κ1) is 22.9. The Kier molecular flexibility index (Phi) is 7.10. The minimum Gasteiger partial charge on any atom is -0.456 e. The summed E-state index contributed by atoms with van der Waals surface area (Å²) in [4.78, 5) is 0. The molecule has 1 N–H and O–H groups in total. The van der Waals surface area contributed by atoms with Crippen LogP contribution >= 0.6 is 0 Å². The van der Waals surface area contributed by atoms with Gasteiger partial charge in [0.25, 0.3) is 0 Å². The van der Waals surface area contributed by atoms with E-state index in [-0.39, 0.29) is 0 Å². The van der Waals surface area contributed by atoms with E-state index in [1.165, 1.54) is 11.1 Å². The van der Waals surface area contributed by atoms with Gasteiger partial charge in [0.2, 0.25) is 0 Å². The Bertz CT molecular complexity index is 1490. The molecule has 0 saturated carbocycles. The molecule has 4 aromatic rings. The standard InChI is InChI=1S/C32H29NO/c1-5-9-12-23(7-3)24-15-19-26(20-16-24)33-27-21-17-25(18-22-27)28-13-10-14-30-29(11-6-2)31(8-4)34-32(28)30/h5-22,33H,1-2H2,3-4H3/b12-9-,23-7+,29-11-,31-8+. The molecule has 1 heterocycles. The normalized spacial score (nSPS) is 13.1. The van der Waals surface area contributed by atoms with Crippen LogP contribution in [0.5, 0.6) is 0 Å². The highest BCUT2D eigenvalue weighted by Crippen LogP contribution is 2.29. The van der Waals surface area contributed by atoms with Crippen LogP contribution in [0.15, 0.2) is 115 Å². The van der Waals surface area contributed by atoms with E-state index in [9.17, 15) is 0 Å². The van der Waals surface area contributed by atoms with Crippen molar-refractivity contribution in [1.82, 2.24) is 0 Å². The topological polar surface area (TPSA) is 25.2 Å². The molecule has 0 amide bonds. The molecule has 0 aliphatic carbocycles. The van der Waals surface area contributed by atoms with Crippen LogP contribution in [-0.4, -0.2) is 0 Å². The Morgan fingerprint density at radius 2 is 1.56 bits per heavy atom. The second kappa shape index (κ2) is 10.5. The van der Waals surface area contributed by atoms with Crippen LogP contribution in [0.2, 0.25) is 0 Å². The number of benzene rings is 3. The monoisotopic (exact) mass is 443 g/mol. The molecule has 4 rings (SSSR count). The van der Waals surface area contributed by atoms with Gasteiger partial charge in [0, 0.05) is 27.5 Å². The fourth-order valence-electron chi connectivity index (χ4n) is 4.06. The van der Waals surface area contributed by atoms with Crippen molar-refractivity contribution in [1.29, 1.82) is 0 Å². The zero-order chi connectivity index (χ0) is 23.9. The van der Waals surface area contributed by atoms with Crippen molar-refractivity contribution in [3.63, 3.8) is 0 Å². The van der Waals surface area contributed by atoms with Crippen LogP contribution in [0.3, 0.4) is 0 Å². The van der Waals surface area contributed by atoms with E-state index in [0.717, 1.165) is 44.1 Å². The maximum Gasteiger partial charge on any atom is 0.143 e. The Morgan fingerprint density at radius 3 is 2.18 bits per heavy atom. The van der Waals surface area contributed by atoms with Gasteiger partial charge in [-0.05, 0) is 60.9 Å². The summed E-state index contributed by atoms with van der Waals surface area (Å²) < 4.78 is 6.21. The minimum absolute atomic E-state index is 0.866. The number of para-hydroxylation sites is 1. The molecule has 0 aliphatic rings. The molecular weight excluding hydrogens is 414 g/mol. The lowest BCUT2D eigenvalue weighted by Crippen LogP contribution is -2.18. The predicted octanol–water partition coefficient (Wildman–Crippen LogP) is 7.76. The molecule has 168 valence electrons. The first-order valence-corrected chi connectivity index (χ1v) is 11.4. The summed E-state index contributed by atoms with van der Waals surface area (Å²) >= 11 is 0. The number of allylic oxidation sites excluding steroid dienone is 6. The van der Waals surface area contributed by atoms with Crippen LogP contribution in [0.1, 0.15) is 19.4 Å². The maximum atomic E-state index is 6.21. The van der Waals surface area contributed by atoms with E-state index in [4.69, 9.17) is 4.42 Å². The zero-order valence-electron chi connectivity index (χ0n) is 19.7. The van der Waals surface area contributed by atoms with E-state index < -0.39 is 0 Å². The van der Waals surface area contributed by atoms with Crippen LogP contribution in [0, 0.1) is 0 Å². The number of anilines is 2. The number of nitrogens with one attached hydrogen (secondary N) is 1. The van der Waals surface area contributed by atoms with Crippen LogP contribution in [0.25, 0.3) is 39.8 Å². The number of hydrogen-bond donors (Lipinski definition) is 1. The molecule has 0 atom stereocenters. The van der Waals surface area contributed by atoms with Gasteiger partial charge in [-0.25, -0.2) is 0 Å². The van der Waals surface area contributed by atoms with Crippen molar-refractivity contribution in [3.8, 4) is 11.1 Å². The fraction of sp³-hybridized carbons (Fsp3) is 0.0625. The van der Waals surface area contributed by atoms with Crippen molar-refractivity contribution in [2.75, 3.05) is 5.32 Å². The quantitative estimate of drug-likeness (QED) is 0.295. The average Bonchev–Trinajstić information content (AvgIpc) is 3.24. The molecule has 2 heteroatoms. The zero-order valence-corrected chi connectivity index (χ0v) is 19.7. The summed E-state index contributed by atoms with van der Waals surface area (Å²) in [7, 11) is 0. The summed E-state index contributed by atoms with van der Waals surface area (Å²) in [5.74, 6) is 0. The van der Waals surface area contributed by atoms with Crippen molar-refractivity contribution in [2.24, 2.45) is 0 Å². The van der Waals surface area contributed by atoms with Gasteiger partial charge in [-0.15, -0.1) is 0 Å². The highest BCUT2D eigenvalue weighted by atomic mass is 16.3. The lowest BCUT2D eigenvalue weighted by atomic mass is 10.0. The van der Waals surface area contributed by atoms with Gasteiger partial charge in [0.05, 0.1) is 0 Å². The van der Waals surface area contributed by atoms with E-state index in [0.29, 0.717) is 0 Å². The highest BCUT2D eigenvalue weighted by Gasteiger charge is 2.10. The van der Waals surface area contributed by atoms with Crippen molar-refractivity contribution < 1.29 is 4.42 Å². The van der Waals surface area contributed by atoms with Crippen LogP contribution < -0.4 is 16.0 Å². The molecule has 0 bridgehead atoms. The molecule has 0 saturated heterocycles. The predicted molar refractivity (Wildman–Crippen MR) is 148 cm³/mol. The maximum absolute atomic E-state index is 6.21. The number of rotatable bonds is 7. The lowest BCUT2D eigenvalue weighted by Gasteiger charge is -2.09. The summed E-state index contributed by atoms with van der Waals surface area (Å²) in [6, 6.07) is 23.1. The molecule has 0 unspecified atom stereocenters. The first-order valence-electron chi connectivity index (χ1n) is 11.4. The first-order chi connectivity index (χ1) is 16.7. The highest BCUT2D eigenvalue weighted by molar-refractivity contribution is 5.93. The molecule has 0 aliphatic heterocycles. The summed E-state index contributed by atoms with van der Waals surface area (Å²) in [6.07, 6.45) is 13.7.